The van der Waals surface area contributed by atoms with Crippen molar-refractivity contribution in [3.63, 3.8) is 0 Å². The summed E-state index contributed by atoms with van der Waals surface area (Å²) in [6.45, 7) is 1.50. The molecule has 0 saturated carbocycles. The van der Waals surface area contributed by atoms with Gasteiger partial charge in [0, 0.05) is 31.6 Å². The van der Waals surface area contributed by atoms with Crippen LogP contribution in [-0.2, 0) is 16.1 Å². The lowest BCUT2D eigenvalue weighted by Crippen LogP contribution is -2.50. The van der Waals surface area contributed by atoms with Gasteiger partial charge in [-0.05, 0) is 30.3 Å². The van der Waals surface area contributed by atoms with E-state index in [2.05, 4.69) is 0 Å². The van der Waals surface area contributed by atoms with Gasteiger partial charge in [-0.3, -0.25) is 4.79 Å². The van der Waals surface area contributed by atoms with Gasteiger partial charge in [-0.1, -0.05) is 48.5 Å². The molecule has 0 spiro atoms. The zero-order valence-electron chi connectivity index (χ0n) is 19.6. The average molecular weight is 489 g/mol. The topological polar surface area (TPSA) is 72.2 Å². The Bertz CT molecular complexity index is 1360. The molecular weight excluding hydrogens is 463 g/mol. The molecule has 1 saturated heterocycles. The largest absolute Gasteiger partial charge is 0.489 e. The molecule has 0 N–H and O–H groups in total. The summed E-state index contributed by atoms with van der Waals surface area (Å²) < 4.78 is 31.0. The lowest BCUT2D eigenvalue weighted by Gasteiger charge is -2.36. The normalized spacial score (nSPS) is 13.6. The quantitative estimate of drug-likeness (QED) is 0.353. The van der Waals surface area contributed by atoms with E-state index in [1.54, 1.807) is 29.2 Å². The van der Waals surface area contributed by atoms with Crippen molar-refractivity contribution in [3.05, 3.63) is 96.0 Å². The van der Waals surface area contributed by atoms with Gasteiger partial charge in [0.25, 0.3) is 5.91 Å². The highest BCUT2D eigenvalue weighted by Gasteiger charge is 2.26. The van der Waals surface area contributed by atoms with Gasteiger partial charge in [-0.15, -0.1) is 0 Å². The van der Waals surface area contributed by atoms with Crippen LogP contribution in [0.5, 0.6) is 5.75 Å². The molecule has 1 fully saturated rings. The van der Waals surface area contributed by atoms with Crippen LogP contribution in [0.25, 0.3) is 11.0 Å². The SMILES string of the molecule is O=C(OCC(=O)N1CCN(c2ccccc2F)CC1)c1oc2ccccc2c1COc1ccccc1. The number of fused-ring (bicyclic) bond motifs is 1. The number of halogens is 1. The van der Waals surface area contributed by atoms with Gasteiger partial charge in [0.05, 0.1) is 11.3 Å². The van der Waals surface area contributed by atoms with E-state index in [9.17, 15) is 14.0 Å². The molecule has 2 heterocycles. The molecule has 0 bridgehead atoms. The van der Waals surface area contributed by atoms with Crippen LogP contribution in [0.4, 0.5) is 10.1 Å². The number of piperazine rings is 1. The second kappa shape index (κ2) is 10.5. The van der Waals surface area contributed by atoms with Crippen LogP contribution in [0, 0.1) is 5.82 Å². The van der Waals surface area contributed by atoms with Crippen molar-refractivity contribution in [1.82, 2.24) is 4.90 Å². The summed E-state index contributed by atoms with van der Waals surface area (Å²) in [6, 6.07) is 23.1. The first-order chi connectivity index (χ1) is 17.6. The summed E-state index contributed by atoms with van der Waals surface area (Å²) in [4.78, 5) is 29.1. The molecule has 4 aromatic rings. The van der Waals surface area contributed by atoms with Crippen molar-refractivity contribution in [2.24, 2.45) is 0 Å². The maximum Gasteiger partial charge on any atom is 0.375 e. The molecule has 1 aliphatic heterocycles. The number of furan rings is 1. The number of nitrogens with zero attached hydrogens (tertiary/aromatic N) is 2. The lowest BCUT2D eigenvalue weighted by atomic mass is 10.1. The highest BCUT2D eigenvalue weighted by atomic mass is 19.1. The van der Waals surface area contributed by atoms with Crippen molar-refractivity contribution >= 4 is 28.5 Å². The summed E-state index contributed by atoms with van der Waals surface area (Å²) in [5.41, 5.74) is 1.61. The summed E-state index contributed by atoms with van der Waals surface area (Å²) in [5.74, 6) is -0.647. The highest BCUT2D eigenvalue weighted by molar-refractivity contribution is 5.97. The first-order valence-electron chi connectivity index (χ1n) is 11.7. The van der Waals surface area contributed by atoms with Crippen LogP contribution in [0.2, 0.25) is 0 Å². The third-order valence-electron chi connectivity index (χ3n) is 6.16. The summed E-state index contributed by atoms with van der Waals surface area (Å²) in [7, 11) is 0. The molecule has 1 aromatic heterocycles. The van der Waals surface area contributed by atoms with Gasteiger partial charge >= 0.3 is 5.97 Å². The summed E-state index contributed by atoms with van der Waals surface area (Å²) in [5, 5.41) is 0.746. The molecule has 7 nitrogen and oxygen atoms in total. The Morgan fingerprint density at radius 2 is 1.56 bits per heavy atom. The molecule has 0 aliphatic carbocycles. The zero-order valence-corrected chi connectivity index (χ0v) is 19.6. The highest BCUT2D eigenvalue weighted by Crippen LogP contribution is 2.28. The van der Waals surface area contributed by atoms with Gasteiger partial charge in [0.15, 0.2) is 6.61 Å². The van der Waals surface area contributed by atoms with Crippen molar-refractivity contribution < 1.29 is 27.9 Å². The maximum absolute atomic E-state index is 14.1. The number of anilines is 1. The molecule has 1 aliphatic rings. The summed E-state index contributed by atoms with van der Waals surface area (Å²) in [6.07, 6.45) is 0. The first-order valence-corrected chi connectivity index (χ1v) is 11.7. The fraction of sp³-hybridized carbons (Fsp3) is 0.214. The molecule has 3 aromatic carbocycles. The van der Waals surface area contributed by atoms with Crippen LogP contribution in [0.15, 0.2) is 83.3 Å². The van der Waals surface area contributed by atoms with Gasteiger partial charge in [0.2, 0.25) is 5.76 Å². The van der Waals surface area contributed by atoms with E-state index in [0.29, 0.717) is 48.8 Å². The summed E-state index contributed by atoms with van der Waals surface area (Å²) >= 11 is 0. The Hall–Kier alpha value is -4.33. The Labute approximate surface area is 207 Å². The molecule has 184 valence electrons. The van der Waals surface area contributed by atoms with E-state index in [1.165, 1.54) is 6.07 Å². The van der Waals surface area contributed by atoms with Crippen molar-refractivity contribution in [2.45, 2.75) is 6.61 Å². The molecule has 5 rings (SSSR count). The standard InChI is InChI=1S/C28H25FN2O5/c29-23-11-5-6-12-24(23)30-14-16-31(17-15-30)26(32)19-35-28(33)27-22(18-34-20-8-2-1-3-9-20)21-10-4-7-13-25(21)36-27/h1-13H,14-19H2. The number of rotatable bonds is 7. The van der Waals surface area contributed by atoms with Gasteiger partial charge in [0.1, 0.15) is 23.8 Å². The van der Waals surface area contributed by atoms with E-state index >= 15 is 0 Å². The second-order valence-electron chi connectivity index (χ2n) is 8.40. The lowest BCUT2D eigenvalue weighted by molar-refractivity contribution is -0.134. The van der Waals surface area contributed by atoms with E-state index in [-0.39, 0.29) is 24.1 Å². The number of esters is 1. The fourth-order valence-corrected chi connectivity index (χ4v) is 4.27. The van der Waals surface area contributed by atoms with Crippen molar-refractivity contribution in [2.75, 3.05) is 37.7 Å². The second-order valence-corrected chi connectivity index (χ2v) is 8.40. The van der Waals surface area contributed by atoms with Crippen LogP contribution < -0.4 is 9.64 Å². The number of carbonyl (C=O) groups is 2. The monoisotopic (exact) mass is 488 g/mol. The minimum atomic E-state index is -0.726. The number of ether oxygens (including phenoxy) is 2. The number of hydrogen-bond donors (Lipinski definition) is 0. The Morgan fingerprint density at radius 3 is 2.33 bits per heavy atom. The molecule has 36 heavy (non-hydrogen) atoms. The van der Waals surface area contributed by atoms with Crippen LogP contribution >= 0.6 is 0 Å². The van der Waals surface area contributed by atoms with Crippen molar-refractivity contribution in [1.29, 1.82) is 0 Å². The number of amides is 1. The van der Waals surface area contributed by atoms with E-state index in [1.807, 2.05) is 53.4 Å². The first kappa shape index (κ1) is 23.4. The maximum atomic E-state index is 14.1. The zero-order chi connectivity index (χ0) is 24.9. The Kier molecular flexibility index (Phi) is 6.84. The molecule has 0 radical (unpaired) electrons. The van der Waals surface area contributed by atoms with Gasteiger partial charge < -0.3 is 23.7 Å². The van der Waals surface area contributed by atoms with E-state index in [0.717, 1.165) is 5.39 Å². The van der Waals surface area contributed by atoms with E-state index in [4.69, 9.17) is 13.9 Å². The van der Waals surface area contributed by atoms with Crippen LogP contribution in [0.1, 0.15) is 16.1 Å². The molecule has 1 amide bonds. The smallest absolute Gasteiger partial charge is 0.375 e. The van der Waals surface area contributed by atoms with E-state index < -0.39 is 12.6 Å². The van der Waals surface area contributed by atoms with Crippen LogP contribution in [0.3, 0.4) is 0 Å². The van der Waals surface area contributed by atoms with Crippen LogP contribution in [-0.4, -0.2) is 49.6 Å². The molecular formula is C28H25FN2O5. The molecule has 0 atom stereocenters. The Balaban J connectivity index is 1.21. The van der Waals surface area contributed by atoms with Gasteiger partial charge in [-0.2, -0.15) is 0 Å². The predicted molar refractivity (Wildman–Crippen MR) is 132 cm³/mol. The number of hydrogen-bond acceptors (Lipinski definition) is 6. The third-order valence-corrected chi connectivity index (χ3v) is 6.16. The minimum Gasteiger partial charge on any atom is -0.489 e. The molecule has 8 heteroatoms. The third kappa shape index (κ3) is 5.02. The Morgan fingerprint density at radius 1 is 0.861 bits per heavy atom. The molecule has 0 unspecified atom stereocenters. The number of carbonyl (C=O) groups excluding carboxylic acids is 2. The number of para-hydroxylation sites is 3. The van der Waals surface area contributed by atoms with Gasteiger partial charge in [-0.25, -0.2) is 9.18 Å². The van der Waals surface area contributed by atoms with Crippen molar-refractivity contribution in [3.8, 4) is 5.75 Å². The minimum absolute atomic E-state index is 0.0179. The fourth-order valence-electron chi connectivity index (χ4n) is 4.27. The predicted octanol–water partition coefficient (Wildman–Crippen LogP) is 4.66. The number of benzene rings is 3. The average Bonchev–Trinajstić information content (AvgIpc) is 3.30.